The molecule has 0 radical (unpaired) electrons. The second kappa shape index (κ2) is 5.32. The number of rotatable bonds is 3. The second-order valence-corrected chi connectivity index (χ2v) is 6.10. The molecule has 1 fully saturated rings. The first-order valence-corrected chi connectivity index (χ1v) is 8.11. The van der Waals surface area contributed by atoms with Crippen LogP contribution in [0, 0.1) is 0 Å². The van der Waals surface area contributed by atoms with E-state index in [4.69, 9.17) is 0 Å². The molecule has 2 N–H and O–H groups in total. The zero-order valence-electron chi connectivity index (χ0n) is 12.7. The van der Waals surface area contributed by atoms with Crippen LogP contribution in [-0.4, -0.2) is 32.7 Å². The van der Waals surface area contributed by atoms with Gasteiger partial charge in [0.05, 0.1) is 0 Å². The predicted molar refractivity (Wildman–Crippen MR) is 89.2 cm³/mol. The Labute approximate surface area is 126 Å². The van der Waals surface area contributed by atoms with Crippen LogP contribution >= 0.6 is 0 Å². The standard InChI is InChI=1S/C18H23N3/c1-2-20-17-12-14-11-15(21-8-6-19-7-9-21)10-13-4-3-5-16(17)18(13)14/h3-5,10-11,17,19-20H,2,6-9,12H2,1H3. The first kappa shape index (κ1) is 13.1. The normalized spacial score (nSPS) is 21.2. The minimum absolute atomic E-state index is 0.493. The second-order valence-electron chi connectivity index (χ2n) is 6.10. The molecule has 21 heavy (non-hydrogen) atoms. The smallest absolute Gasteiger partial charge is 0.0376 e. The van der Waals surface area contributed by atoms with Gasteiger partial charge in [-0.1, -0.05) is 25.1 Å². The number of likely N-dealkylation sites (N-methyl/N-ethyl adjacent to an activating group) is 1. The molecule has 0 aromatic heterocycles. The van der Waals surface area contributed by atoms with Gasteiger partial charge in [0.1, 0.15) is 0 Å². The average Bonchev–Trinajstić information content (AvgIpc) is 2.88. The lowest BCUT2D eigenvalue weighted by Crippen LogP contribution is -2.43. The van der Waals surface area contributed by atoms with Gasteiger partial charge >= 0.3 is 0 Å². The van der Waals surface area contributed by atoms with Crippen LogP contribution in [-0.2, 0) is 6.42 Å². The maximum absolute atomic E-state index is 3.63. The zero-order chi connectivity index (χ0) is 14.2. The maximum atomic E-state index is 3.63. The van der Waals surface area contributed by atoms with Gasteiger partial charge in [-0.25, -0.2) is 0 Å². The Morgan fingerprint density at radius 1 is 1.24 bits per heavy atom. The van der Waals surface area contributed by atoms with Crippen molar-refractivity contribution in [2.75, 3.05) is 37.6 Å². The molecule has 4 rings (SSSR count). The third kappa shape index (κ3) is 2.21. The monoisotopic (exact) mass is 281 g/mol. The van der Waals surface area contributed by atoms with Gasteiger partial charge in [0.25, 0.3) is 0 Å². The maximum Gasteiger partial charge on any atom is 0.0376 e. The molecule has 0 saturated carbocycles. The van der Waals surface area contributed by atoms with Gasteiger partial charge in [-0.2, -0.15) is 0 Å². The van der Waals surface area contributed by atoms with Crippen LogP contribution in [0.3, 0.4) is 0 Å². The molecule has 0 bridgehead atoms. The van der Waals surface area contributed by atoms with E-state index < -0.39 is 0 Å². The number of nitrogens with one attached hydrogen (secondary N) is 2. The molecular formula is C18H23N3. The van der Waals surface area contributed by atoms with E-state index in [1.807, 2.05) is 0 Å². The summed E-state index contributed by atoms with van der Waals surface area (Å²) in [5.74, 6) is 0. The van der Waals surface area contributed by atoms with E-state index in [-0.39, 0.29) is 0 Å². The predicted octanol–water partition coefficient (Wildman–Crippen LogP) is 2.46. The van der Waals surface area contributed by atoms with Crippen molar-refractivity contribution in [3.8, 4) is 0 Å². The van der Waals surface area contributed by atoms with Crippen molar-refractivity contribution in [2.24, 2.45) is 0 Å². The van der Waals surface area contributed by atoms with Gasteiger partial charge in [0.15, 0.2) is 0 Å². The van der Waals surface area contributed by atoms with Crippen molar-refractivity contribution in [2.45, 2.75) is 19.4 Å². The van der Waals surface area contributed by atoms with E-state index in [2.05, 4.69) is 52.8 Å². The van der Waals surface area contributed by atoms with Crippen molar-refractivity contribution in [1.82, 2.24) is 10.6 Å². The summed E-state index contributed by atoms with van der Waals surface area (Å²) in [7, 11) is 0. The SMILES string of the molecule is CCNC1Cc2cc(N3CCNCC3)cc3cccc1c23. The zero-order valence-corrected chi connectivity index (χ0v) is 12.7. The number of nitrogens with zero attached hydrogens (tertiary/aromatic N) is 1. The highest BCUT2D eigenvalue weighted by molar-refractivity contribution is 5.94. The molecule has 3 nitrogen and oxygen atoms in total. The summed E-state index contributed by atoms with van der Waals surface area (Å²) in [5.41, 5.74) is 4.40. The lowest BCUT2D eigenvalue weighted by molar-refractivity contribution is 0.567. The van der Waals surface area contributed by atoms with Crippen LogP contribution in [0.25, 0.3) is 10.8 Å². The molecule has 1 atom stereocenters. The summed E-state index contributed by atoms with van der Waals surface area (Å²) in [6.07, 6.45) is 1.13. The summed E-state index contributed by atoms with van der Waals surface area (Å²) in [6.45, 7) is 7.62. The van der Waals surface area contributed by atoms with Crippen LogP contribution in [0.4, 0.5) is 5.69 Å². The molecule has 1 unspecified atom stereocenters. The van der Waals surface area contributed by atoms with Crippen molar-refractivity contribution in [3.05, 3.63) is 41.5 Å². The average molecular weight is 281 g/mol. The topological polar surface area (TPSA) is 27.3 Å². The quantitative estimate of drug-likeness (QED) is 0.905. The molecule has 1 heterocycles. The fraction of sp³-hybridized carbons (Fsp3) is 0.444. The summed E-state index contributed by atoms with van der Waals surface area (Å²) < 4.78 is 0. The summed E-state index contributed by atoms with van der Waals surface area (Å²) >= 11 is 0. The molecule has 3 heteroatoms. The van der Waals surface area contributed by atoms with Gasteiger partial charge in [-0.3, -0.25) is 0 Å². The fourth-order valence-electron chi connectivity index (χ4n) is 3.85. The first-order valence-electron chi connectivity index (χ1n) is 8.11. The Morgan fingerprint density at radius 3 is 2.90 bits per heavy atom. The van der Waals surface area contributed by atoms with E-state index in [0.29, 0.717) is 6.04 Å². The molecule has 1 aliphatic heterocycles. The fourth-order valence-corrected chi connectivity index (χ4v) is 3.85. The van der Waals surface area contributed by atoms with Crippen molar-refractivity contribution in [1.29, 1.82) is 0 Å². The van der Waals surface area contributed by atoms with Crippen molar-refractivity contribution >= 4 is 16.5 Å². The number of piperazine rings is 1. The summed E-state index contributed by atoms with van der Waals surface area (Å²) in [5, 5.41) is 9.95. The van der Waals surface area contributed by atoms with Gasteiger partial charge in [0.2, 0.25) is 0 Å². The number of anilines is 1. The molecule has 1 aliphatic carbocycles. The van der Waals surface area contributed by atoms with Crippen LogP contribution < -0.4 is 15.5 Å². The van der Waals surface area contributed by atoms with E-state index in [1.165, 1.54) is 27.6 Å². The number of benzene rings is 2. The summed E-state index contributed by atoms with van der Waals surface area (Å²) in [4.78, 5) is 2.51. The van der Waals surface area contributed by atoms with Crippen molar-refractivity contribution in [3.63, 3.8) is 0 Å². The summed E-state index contributed by atoms with van der Waals surface area (Å²) in [6, 6.07) is 12.1. The Kier molecular flexibility index (Phi) is 3.32. The number of hydrogen-bond acceptors (Lipinski definition) is 3. The van der Waals surface area contributed by atoms with Crippen LogP contribution in [0.1, 0.15) is 24.1 Å². The number of hydrogen-bond donors (Lipinski definition) is 2. The lowest BCUT2D eigenvalue weighted by Gasteiger charge is -2.30. The Morgan fingerprint density at radius 2 is 2.10 bits per heavy atom. The molecular weight excluding hydrogens is 258 g/mol. The minimum Gasteiger partial charge on any atom is -0.369 e. The van der Waals surface area contributed by atoms with Crippen LogP contribution in [0.2, 0.25) is 0 Å². The van der Waals surface area contributed by atoms with Gasteiger partial charge in [0, 0.05) is 37.9 Å². The van der Waals surface area contributed by atoms with E-state index >= 15 is 0 Å². The van der Waals surface area contributed by atoms with Gasteiger partial charge < -0.3 is 15.5 Å². The highest BCUT2D eigenvalue weighted by Crippen LogP contribution is 2.39. The first-order chi connectivity index (χ1) is 10.4. The third-order valence-electron chi connectivity index (χ3n) is 4.81. The lowest BCUT2D eigenvalue weighted by atomic mass is 10.0. The largest absolute Gasteiger partial charge is 0.369 e. The molecule has 2 aromatic carbocycles. The van der Waals surface area contributed by atoms with Crippen LogP contribution in [0.5, 0.6) is 0 Å². The Hall–Kier alpha value is -1.58. The molecule has 1 saturated heterocycles. The van der Waals surface area contributed by atoms with Crippen molar-refractivity contribution < 1.29 is 0 Å². The van der Waals surface area contributed by atoms with E-state index in [0.717, 1.165) is 39.1 Å². The van der Waals surface area contributed by atoms with E-state index in [9.17, 15) is 0 Å². The third-order valence-corrected chi connectivity index (χ3v) is 4.81. The molecule has 2 aliphatic rings. The van der Waals surface area contributed by atoms with E-state index in [1.54, 1.807) is 0 Å². The molecule has 0 spiro atoms. The Balaban J connectivity index is 1.78. The molecule has 2 aromatic rings. The highest BCUT2D eigenvalue weighted by atomic mass is 15.2. The molecule has 0 amide bonds. The minimum atomic E-state index is 0.493. The highest BCUT2D eigenvalue weighted by Gasteiger charge is 2.24. The Bertz CT molecular complexity index is 659. The van der Waals surface area contributed by atoms with Gasteiger partial charge in [-0.05, 0) is 47.0 Å². The molecule has 110 valence electrons. The van der Waals surface area contributed by atoms with Crippen LogP contribution in [0.15, 0.2) is 30.3 Å². The van der Waals surface area contributed by atoms with Gasteiger partial charge in [-0.15, -0.1) is 0 Å².